The highest BCUT2D eigenvalue weighted by Gasteiger charge is 2.09. The van der Waals surface area contributed by atoms with Crippen LogP contribution in [0.4, 0.5) is 10.5 Å². The highest BCUT2D eigenvalue weighted by molar-refractivity contribution is 5.88. The van der Waals surface area contributed by atoms with Gasteiger partial charge in [-0.3, -0.25) is 4.79 Å². The van der Waals surface area contributed by atoms with Crippen LogP contribution in [0.25, 0.3) is 0 Å². The lowest BCUT2D eigenvalue weighted by Gasteiger charge is -2.10. The molecule has 0 bridgehead atoms. The number of urea groups is 1. The SMILES string of the molecule is CNC(=O)Nc1ccc(C(C)CC(=O)O)cc1. The van der Waals surface area contributed by atoms with Crippen LogP contribution in [0.2, 0.25) is 0 Å². The van der Waals surface area contributed by atoms with E-state index in [4.69, 9.17) is 5.11 Å². The van der Waals surface area contributed by atoms with Gasteiger partial charge in [0.1, 0.15) is 0 Å². The van der Waals surface area contributed by atoms with Crippen LogP contribution >= 0.6 is 0 Å². The Morgan fingerprint density at radius 3 is 2.35 bits per heavy atom. The largest absolute Gasteiger partial charge is 0.481 e. The molecule has 1 rings (SSSR count). The van der Waals surface area contributed by atoms with Crippen LogP contribution in [-0.2, 0) is 4.79 Å². The molecule has 2 amide bonds. The number of nitrogens with one attached hydrogen (secondary N) is 2. The molecule has 0 heterocycles. The Morgan fingerprint density at radius 1 is 1.29 bits per heavy atom. The van der Waals surface area contributed by atoms with E-state index >= 15 is 0 Å². The van der Waals surface area contributed by atoms with Crippen molar-refractivity contribution in [3.8, 4) is 0 Å². The number of amides is 2. The van der Waals surface area contributed by atoms with Crippen molar-refractivity contribution in [1.82, 2.24) is 5.32 Å². The maximum atomic E-state index is 11.0. The molecule has 1 atom stereocenters. The van der Waals surface area contributed by atoms with E-state index < -0.39 is 5.97 Å². The van der Waals surface area contributed by atoms with E-state index in [1.165, 1.54) is 0 Å². The summed E-state index contributed by atoms with van der Waals surface area (Å²) in [5, 5.41) is 13.8. The van der Waals surface area contributed by atoms with Crippen molar-refractivity contribution in [2.75, 3.05) is 12.4 Å². The van der Waals surface area contributed by atoms with E-state index in [1.807, 2.05) is 19.1 Å². The first kappa shape index (κ1) is 13.0. The van der Waals surface area contributed by atoms with Crippen molar-refractivity contribution >= 4 is 17.7 Å². The molecule has 0 aliphatic carbocycles. The zero-order valence-corrected chi connectivity index (χ0v) is 9.86. The summed E-state index contributed by atoms with van der Waals surface area (Å²) in [6.45, 7) is 1.86. The maximum absolute atomic E-state index is 11.0. The van der Waals surface area contributed by atoms with Crippen molar-refractivity contribution in [2.24, 2.45) is 0 Å². The van der Waals surface area contributed by atoms with Crippen LogP contribution in [0.5, 0.6) is 0 Å². The zero-order chi connectivity index (χ0) is 12.8. The second kappa shape index (κ2) is 5.89. The van der Waals surface area contributed by atoms with Gasteiger partial charge in [0.2, 0.25) is 0 Å². The van der Waals surface area contributed by atoms with Gasteiger partial charge < -0.3 is 15.7 Å². The standard InChI is InChI=1S/C12H16N2O3/c1-8(7-11(15)16)9-3-5-10(6-4-9)14-12(17)13-2/h3-6,8H,7H2,1-2H3,(H,15,16)(H2,13,14,17). The minimum Gasteiger partial charge on any atom is -0.481 e. The van der Waals surface area contributed by atoms with Crippen LogP contribution in [0.3, 0.4) is 0 Å². The number of carbonyl (C=O) groups is 2. The summed E-state index contributed by atoms with van der Waals surface area (Å²) in [4.78, 5) is 21.6. The molecule has 5 heteroatoms. The van der Waals surface area contributed by atoms with Crippen LogP contribution in [0.15, 0.2) is 24.3 Å². The molecule has 0 saturated heterocycles. The first-order chi connectivity index (χ1) is 8.02. The lowest BCUT2D eigenvalue weighted by molar-refractivity contribution is -0.137. The van der Waals surface area contributed by atoms with E-state index in [9.17, 15) is 9.59 Å². The average molecular weight is 236 g/mol. The van der Waals surface area contributed by atoms with Gasteiger partial charge in [0, 0.05) is 12.7 Å². The minimum atomic E-state index is -0.815. The zero-order valence-electron chi connectivity index (χ0n) is 9.86. The molecule has 1 aromatic carbocycles. The maximum Gasteiger partial charge on any atom is 0.318 e. The Balaban J connectivity index is 2.67. The van der Waals surface area contributed by atoms with Gasteiger partial charge in [-0.15, -0.1) is 0 Å². The molecule has 17 heavy (non-hydrogen) atoms. The summed E-state index contributed by atoms with van der Waals surface area (Å²) in [5.41, 5.74) is 1.62. The van der Waals surface area contributed by atoms with Crippen molar-refractivity contribution in [1.29, 1.82) is 0 Å². The van der Waals surface area contributed by atoms with Gasteiger partial charge in [-0.25, -0.2) is 4.79 Å². The topological polar surface area (TPSA) is 78.4 Å². The number of hydrogen-bond acceptors (Lipinski definition) is 2. The van der Waals surface area contributed by atoms with E-state index in [2.05, 4.69) is 10.6 Å². The van der Waals surface area contributed by atoms with Gasteiger partial charge in [-0.05, 0) is 23.6 Å². The number of carboxylic acid groups (broad SMARTS) is 1. The molecule has 92 valence electrons. The van der Waals surface area contributed by atoms with Gasteiger partial charge >= 0.3 is 12.0 Å². The van der Waals surface area contributed by atoms with E-state index in [0.717, 1.165) is 5.56 Å². The van der Waals surface area contributed by atoms with Gasteiger partial charge in [-0.2, -0.15) is 0 Å². The summed E-state index contributed by atoms with van der Waals surface area (Å²) >= 11 is 0. The van der Waals surface area contributed by atoms with E-state index in [0.29, 0.717) is 5.69 Å². The quantitative estimate of drug-likeness (QED) is 0.748. The lowest BCUT2D eigenvalue weighted by atomic mass is 9.98. The Kier molecular flexibility index (Phi) is 4.51. The van der Waals surface area contributed by atoms with Crippen LogP contribution in [0, 0.1) is 0 Å². The van der Waals surface area contributed by atoms with Crippen LogP contribution < -0.4 is 10.6 Å². The number of benzene rings is 1. The molecule has 5 nitrogen and oxygen atoms in total. The third-order valence-corrected chi connectivity index (χ3v) is 2.45. The third-order valence-electron chi connectivity index (χ3n) is 2.45. The monoisotopic (exact) mass is 236 g/mol. The number of anilines is 1. The number of aliphatic carboxylic acids is 1. The Morgan fingerprint density at radius 2 is 1.88 bits per heavy atom. The number of rotatable bonds is 4. The highest BCUT2D eigenvalue weighted by Crippen LogP contribution is 2.20. The molecular formula is C12H16N2O3. The average Bonchev–Trinajstić information content (AvgIpc) is 2.28. The fraction of sp³-hybridized carbons (Fsp3) is 0.333. The van der Waals surface area contributed by atoms with Crippen molar-refractivity contribution < 1.29 is 14.7 Å². The molecular weight excluding hydrogens is 220 g/mol. The van der Waals surface area contributed by atoms with Gasteiger partial charge in [0.15, 0.2) is 0 Å². The van der Waals surface area contributed by atoms with Crippen molar-refractivity contribution in [2.45, 2.75) is 19.3 Å². The predicted octanol–water partition coefficient (Wildman–Crippen LogP) is 2.02. The normalized spacial score (nSPS) is 11.6. The molecule has 0 radical (unpaired) electrons. The Hall–Kier alpha value is -2.04. The van der Waals surface area contributed by atoms with Gasteiger partial charge in [0.25, 0.3) is 0 Å². The van der Waals surface area contributed by atoms with Crippen LogP contribution in [-0.4, -0.2) is 24.2 Å². The number of carboxylic acids is 1. The summed E-state index contributed by atoms with van der Waals surface area (Å²) < 4.78 is 0. The van der Waals surface area contributed by atoms with Crippen molar-refractivity contribution in [3.63, 3.8) is 0 Å². The molecule has 0 fully saturated rings. The fourth-order valence-electron chi connectivity index (χ4n) is 1.47. The molecule has 0 spiro atoms. The van der Waals surface area contributed by atoms with Crippen LogP contribution in [0.1, 0.15) is 24.8 Å². The molecule has 1 aromatic rings. The molecule has 0 saturated carbocycles. The number of carbonyl (C=O) groups excluding carboxylic acids is 1. The second-order valence-electron chi connectivity index (χ2n) is 3.83. The molecule has 0 aromatic heterocycles. The molecule has 3 N–H and O–H groups in total. The van der Waals surface area contributed by atoms with Gasteiger partial charge in [0.05, 0.1) is 6.42 Å². The van der Waals surface area contributed by atoms with E-state index in [1.54, 1.807) is 19.2 Å². The van der Waals surface area contributed by atoms with E-state index in [-0.39, 0.29) is 18.4 Å². The summed E-state index contributed by atoms with van der Waals surface area (Å²) in [6, 6.07) is 6.86. The van der Waals surface area contributed by atoms with Crippen molar-refractivity contribution in [3.05, 3.63) is 29.8 Å². The third kappa shape index (κ3) is 4.14. The Labute approximate surface area is 99.8 Å². The summed E-state index contributed by atoms with van der Waals surface area (Å²) in [6.07, 6.45) is 0.0994. The second-order valence-corrected chi connectivity index (χ2v) is 3.83. The first-order valence-corrected chi connectivity index (χ1v) is 5.33. The molecule has 0 aliphatic rings. The predicted molar refractivity (Wildman–Crippen MR) is 65.2 cm³/mol. The number of hydrogen-bond donors (Lipinski definition) is 3. The highest BCUT2D eigenvalue weighted by atomic mass is 16.4. The Bertz CT molecular complexity index is 401. The minimum absolute atomic E-state index is 0.0402. The molecule has 0 aliphatic heterocycles. The summed E-state index contributed by atoms with van der Waals surface area (Å²) in [5.74, 6) is -0.855. The lowest BCUT2D eigenvalue weighted by Crippen LogP contribution is -2.24. The first-order valence-electron chi connectivity index (χ1n) is 5.33. The van der Waals surface area contributed by atoms with Gasteiger partial charge in [-0.1, -0.05) is 19.1 Å². The fourth-order valence-corrected chi connectivity index (χ4v) is 1.47. The molecule has 1 unspecified atom stereocenters. The smallest absolute Gasteiger partial charge is 0.318 e. The summed E-state index contributed by atoms with van der Waals surface area (Å²) in [7, 11) is 1.54.